The maximum atomic E-state index is 12.4. The molecule has 0 aliphatic heterocycles. The maximum absolute atomic E-state index is 12.4. The highest BCUT2D eigenvalue weighted by atomic mass is 35.5. The Morgan fingerprint density at radius 2 is 1.91 bits per heavy atom. The Kier molecular flexibility index (Phi) is 3.78. The molecule has 22 heavy (non-hydrogen) atoms. The fourth-order valence-electron chi connectivity index (χ4n) is 1.82. The molecule has 0 atom stereocenters. The Hall–Kier alpha value is -2.45. The van der Waals surface area contributed by atoms with Crippen molar-refractivity contribution in [1.82, 2.24) is 20.2 Å². The molecule has 0 bridgehead atoms. The zero-order chi connectivity index (χ0) is 15.6. The molecule has 2 aromatic carbocycles. The summed E-state index contributed by atoms with van der Waals surface area (Å²) in [7, 11) is -3.77. The topological polar surface area (TPSA) is 89.8 Å². The molecule has 112 valence electrons. The van der Waals surface area contributed by atoms with Crippen LogP contribution in [0, 0.1) is 0 Å². The highest BCUT2D eigenvalue weighted by molar-refractivity contribution is 7.92. The minimum atomic E-state index is -3.77. The number of hydrogen-bond donors (Lipinski definition) is 1. The first kappa shape index (κ1) is 14.5. The first-order valence-corrected chi connectivity index (χ1v) is 8.03. The second-order valence-electron chi connectivity index (χ2n) is 4.34. The average Bonchev–Trinajstić information content (AvgIpc) is 3.04. The van der Waals surface area contributed by atoms with Gasteiger partial charge in [0.15, 0.2) is 0 Å². The lowest BCUT2D eigenvalue weighted by Crippen LogP contribution is -2.13. The minimum absolute atomic E-state index is 0.0837. The van der Waals surface area contributed by atoms with E-state index >= 15 is 0 Å². The molecule has 0 saturated carbocycles. The highest BCUT2D eigenvalue weighted by Crippen LogP contribution is 2.24. The number of halogens is 1. The summed E-state index contributed by atoms with van der Waals surface area (Å²) in [6, 6.07) is 12.9. The van der Waals surface area contributed by atoms with Crippen molar-refractivity contribution in [2.75, 3.05) is 4.72 Å². The fourth-order valence-corrected chi connectivity index (χ4v) is 3.18. The van der Waals surface area contributed by atoms with Gasteiger partial charge in [-0.1, -0.05) is 29.8 Å². The largest absolute Gasteiger partial charge is 0.278 e. The molecule has 0 aliphatic carbocycles. The smallest absolute Gasteiger partial charge is 0.262 e. The molecule has 0 aliphatic rings. The Morgan fingerprint density at radius 1 is 1.09 bits per heavy atom. The fraction of sp³-hybridized carbons (Fsp3) is 0. The van der Waals surface area contributed by atoms with Crippen molar-refractivity contribution in [3.05, 3.63) is 59.9 Å². The molecule has 1 heterocycles. The van der Waals surface area contributed by atoms with E-state index in [1.807, 2.05) is 0 Å². The summed E-state index contributed by atoms with van der Waals surface area (Å²) in [6.45, 7) is 0. The summed E-state index contributed by atoms with van der Waals surface area (Å²) in [6.07, 6.45) is 1.38. The summed E-state index contributed by atoms with van der Waals surface area (Å²) >= 11 is 5.97. The molecule has 3 rings (SSSR count). The lowest BCUT2D eigenvalue weighted by Gasteiger charge is -2.10. The summed E-state index contributed by atoms with van der Waals surface area (Å²) in [5.74, 6) is 0. The van der Waals surface area contributed by atoms with Crippen molar-refractivity contribution in [2.45, 2.75) is 4.90 Å². The van der Waals surface area contributed by atoms with Gasteiger partial charge >= 0.3 is 0 Å². The third-order valence-corrected chi connectivity index (χ3v) is 4.55. The van der Waals surface area contributed by atoms with Gasteiger partial charge in [-0.2, -0.15) is 0 Å². The van der Waals surface area contributed by atoms with Gasteiger partial charge in [-0.3, -0.25) is 4.72 Å². The van der Waals surface area contributed by atoms with E-state index in [1.165, 1.54) is 23.1 Å². The van der Waals surface area contributed by atoms with Crippen molar-refractivity contribution < 1.29 is 8.42 Å². The highest BCUT2D eigenvalue weighted by Gasteiger charge is 2.16. The van der Waals surface area contributed by atoms with Gasteiger partial charge in [0.05, 0.1) is 21.3 Å². The Morgan fingerprint density at radius 3 is 2.64 bits per heavy atom. The normalized spacial score (nSPS) is 11.3. The number of aromatic nitrogens is 4. The quantitative estimate of drug-likeness (QED) is 0.788. The van der Waals surface area contributed by atoms with Crippen molar-refractivity contribution >= 4 is 27.3 Å². The molecule has 0 saturated heterocycles. The van der Waals surface area contributed by atoms with Gasteiger partial charge in [0, 0.05) is 0 Å². The van der Waals surface area contributed by atoms with Gasteiger partial charge in [-0.15, -0.1) is 5.10 Å². The van der Waals surface area contributed by atoms with Crippen LogP contribution in [0.1, 0.15) is 0 Å². The summed E-state index contributed by atoms with van der Waals surface area (Å²) < 4.78 is 28.7. The van der Waals surface area contributed by atoms with E-state index in [9.17, 15) is 8.42 Å². The van der Waals surface area contributed by atoms with Gasteiger partial charge in [-0.05, 0) is 40.8 Å². The Bertz CT molecular complexity index is 896. The predicted molar refractivity (Wildman–Crippen MR) is 81.4 cm³/mol. The standard InChI is InChI=1S/C13H10ClN5O2S/c14-12-6-1-2-7-13(12)16-22(20,21)11-5-3-4-10(8-11)19-9-15-17-18-19/h1-9,16H. The van der Waals surface area contributed by atoms with Crippen LogP contribution in [0.3, 0.4) is 0 Å². The molecular formula is C13H10ClN5O2S. The number of hydrogen-bond acceptors (Lipinski definition) is 5. The van der Waals surface area contributed by atoms with Crippen molar-refractivity contribution in [1.29, 1.82) is 0 Å². The third kappa shape index (κ3) is 2.92. The average molecular weight is 336 g/mol. The van der Waals surface area contributed by atoms with Crippen LogP contribution in [-0.2, 0) is 10.0 Å². The summed E-state index contributed by atoms with van der Waals surface area (Å²) in [5, 5.41) is 11.1. The van der Waals surface area contributed by atoms with Gasteiger partial charge < -0.3 is 0 Å². The molecule has 0 unspecified atom stereocenters. The number of nitrogens with zero attached hydrogens (tertiary/aromatic N) is 4. The van der Waals surface area contributed by atoms with Crippen LogP contribution in [0.15, 0.2) is 59.8 Å². The Balaban J connectivity index is 1.96. The van der Waals surface area contributed by atoms with Crippen molar-refractivity contribution in [3.8, 4) is 5.69 Å². The second kappa shape index (κ2) is 5.74. The number of anilines is 1. The van der Waals surface area contributed by atoms with E-state index in [-0.39, 0.29) is 4.90 Å². The number of benzene rings is 2. The van der Waals surface area contributed by atoms with Crippen LogP contribution in [-0.4, -0.2) is 28.6 Å². The van der Waals surface area contributed by atoms with Gasteiger partial charge in [0.2, 0.25) is 0 Å². The van der Waals surface area contributed by atoms with E-state index in [0.717, 1.165) is 0 Å². The van der Waals surface area contributed by atoms with E-state index in [0.29, 0.717) is 16.4 Å². The van der Waals surface area contributed by atoms with Crippen LogP contribution < -0.4 is 4.72 Å². The number of nitrogens with one attached hydrogen (secondary N) is 1. The van der Waals surface area contributed by atoms with E-state index in [1.54, 1.807) is 36.4 Å². The zero-order valence-electron chi connectivity index (χ0n) is 11.1. The molecule has 0 spiro atoms. The SMILES string of the molecule is O=S(=O)(Nc1ccccc1Cl)c1cccc(-n2cnnn2)c1. The first-order chi connectivity index (χ1) is 10.6. The number of rotatable bonds is 4. The molecule has 1 N–H and O–H groups in total. The molecular weight excluding hydrogens is 326 g/mol. The van der Waals surface area contributed by atoms with E-state index in [4.69, 9.17) is 11.6 Å². The molecule has 0 amide bonds. The molecule has 3 aromatic rings. The van der Waals surface area contributed by atoms with Crippen LogP contribution in [0.25, 0.3) is 5.69 Å². The molecule has 0 radical (unpaired) electrons. The Labute approximate surface area is 131 Å². The second-order valence-corrected chi connectivity index (χ2v) is 6.43. The number of sulfonamides is 1. The number of para-hydroxylation sites is 1. The molecule has 7 nitrogen and oxygen atoms in total. The number of tetrazole rings is 1. The van der Waals surface area contributed by atoms with Gasteiger partial charge in [0.1, 0.15) is 6.33 Å². The third-order valence-electron chi connectivity index (χ3n) is 2.86. The molecule has 1 aromatic heterocycles. The lowest BCUT2D eigenvalue weighted by molar-refractivity contribution is 0.601. The monoisotopic (exact) mass is 335 g/mol. The minimum Gasteiger partial charge on any atom is -0.278 e. The van der Waals surface area contributed by atoms with Crippen molar-refractivity contribution in [3.63, 3.8) is 0 Å². The summed E-state index contributed by atoms with van der Waals surface area (Å²) in [5.41, 5.74) is 0.851. The van der Waals surface area contributed by atoms with Crippen LogP contribution in [0.4, 0.5) is 5.69 Å². The predicted octanol–water partition coefficient (Wildman–Crippen LogP) is 2.12. The molecule has 0 fully saturated rings. The van der Waals surface area contributed by atoms with Crippen LogP contribution >= 0.6 is 11.6 Å². The van der Waals surface area contributed by atoms with Crippen LogP contribution in [0.2, 0.25) is 5.02 Å². The van der Waals surface area contributed by atoms with Gasteiger partial charge in [-0.25, -0.2) is 13.1 Å². The first-order valence-electron chi connectivity index (χ1n) is 6.17. The zero-order valence-corrected chi connectivity index (χ0v) is 12.7. The lowest BCUT2D eigenvalue weighted by atomic mass is 10.3. The van der Waals surface area contributed by atoms with E-state index < -0.39 is 10.0 Å². The van der Waals surface area contributed by atoms with Crippen molar-refractivity contribution in [2.24, 2.45) is 0 Å². The maximum Gasteiger partial charge on any atom is 0.262 e. The van der Waals surface area contributed by atoms with Crippen LogP contribution in [0.5, 0.6) is 0 Å². The molecule has 9 heteroatoms. The van der Waals surface area contributed by atoms with Gasteiger partial charge in [0.25, 0.3) is 10.0 Å². The van der Waals surface area contributed by atoms with E-state index in [2.05, 4.69) is 20.2 Å². The summed E-state index contributed by atoms with van der Waals surface area (Å²) in [4.78, 5) is 0.0837.